The molecule has 3 aromatic rings. The van der Waals surface area contributed by atoms with Crippen molar-refractivity contribution in [3.8, 4) is 28.4 Å². The number of methoxy groups -OCH3 is 3. The molecule has 0 radical (unpaired) electrons. The molecule has 0 amide bonds. The van der Waals surface area contributed by atoms with Gasteiger partial charge in [0.2, 0.25) is 5.75 Å². The first-order valence-corrected chi connectivity index (χ1v) is 11.2. The van der Waals surface area contributed by atoms with Gasteiger partial charge in [0.25, 0.3) is 0 Å². The molecule has 0 spiro atoms. The predicted octanol–water partition coefficient (Wildman–Crippen LogP) is 4.43. The summed E-state index contributed by atoms with van der Waals surface area (Å²) in [4.78, 5) is 2.58. The van der Waals surface area contributed by atoms with Gasteiger partial charge in [-0.25, -0.2) is 0 Å². The molecule has 0 N–H and O–H groups in total. The Balaban J connectivity index is 1.30. The van der Waals surface area contributed by atoms with Crippen molar-refractivity contribution in [3.63, 3.8) is 0 Å². The van der Waals surface area contributed by atoms with Gasteiger partial charge >= 0.3 is 0 Å². The number of hydrogen-bond donors (Lipinski definition) is 0. The molecule has 2 aliphatic rings. The van der Waals surface area contributed by atoms with E-state index < -0.39 is 0 Å². The topological polar surface area (TPSA) is 46.5 Å². The van der Waals surface area contributed by atoms with Crippen LogP contribution in [0.15, 0.2) is 65.8 Å². The number of rotatable bonds is 6. The van der Waals surface area contributed by atoms with Gasteiger partial charge in [-0.3, -0.25) is 9.91 Å². The van der Waals surface area contributed by atoms with Crippen LogP contribution in [0, 0.1) is 0 Å². The molecule has 1 aliphatic carbocycles. The molecule has 0 aromatic heterocycles. The van der Waals surface area contributed by atoms with Gasteiger partial charge in [0.1, 0.15) is 0 Å². The highest BCUT2D eigenvalue weighted by atomic mass is 16.5. The van der Waals surface area contributed by atoms with Gasteiger partial charge in [0.15, 0.2) is 11.5 Å². The molecule has 0 bridgehead atoms. The van der Waals surface area contributed by atoms with Gasteiger partial charge in [0, 0.05) is 31.7 Å². The molecule has 3 aromatic carbocycles. The van der Waals surface area contributed by atoms with Crippen molar-refractivity contribution in [1.82, 2.24) is 9.91 Å². The van der Waals surface area contributed by atoms with Crippen molar-refractivity contribution >= 4 is 6.21 Å². The van der Waals surface area contributed by atoms with E-state index in [1.165, 1.54) is 22.3 Å². The zero-order valence-corrected chi connectivity index (χ0v) is 19.3. The second kappa shape index (κ2) is 9.16. The van der Waals surface area contributed by atoms with Crippen LogP contribution >= 0.6 is 0 Å². The number of hydrazone groups is 1. The molecule has 170 valence electrons. The van der Waals surface area contributed by atoms with Crippen LogP contribution in [0.5, 0.6) is 17.2 Å². The molecule has 1 saturated heterocycles. The Morgan fingerprint density at radius 1 is 0.758 bits per heavy atom. The van der Waals surface area contributed by atoms with Gasteiger partial charge in [-0.1, -0.05) is 48.5 Å². The Morgan fingerprint density at radius 2 is 1.30 bits per heavy atom. The molecule has 33 heavy (non-hydrogen) atoms. The molecule has 5 rings (SSSR count). The van der Waals surface area contributed by atoms with E-state index in [2.05, 4.69) is 58.4 Å². The molecule has 0 atom stereocenters. The summed E-state index contributed by atoms with van der Waals surface area (Å²) in [6, 6.07) is 21.7. The first-order chi connectivity index (χ1) is 16.2. The van der Waals surface area contributed by atoms with E-state index in [1.54, 1.807) is 21.3 Å². The Kier molecular flexibility index (Phi) is 5.92. The van der Waals surface area contributed by atoms with E-state index in [0.29, 0.717) is 23.3 Å². The van der Waals surface area contributed by atoms with Gasteiger partial charge in [-0.15, -0.1) is 0 Å². The van der Waals surface area contributed by atoms with E-state index >= 15 is 0 Å². The van der Waals surface area contributed by atoms with E-state index in [-0.39, 0.29) is 0 Å². The number of nitrogens with zero attached hydrogens (tertiary/aromatic N) is 3. The van der Waals surface area contributed by atoms with Crippen molar-refractivity contribution in [2.75, 3.05) is 47.5 Å². The molecule has 0 unspecified atom stereocenters. The van der Waals surface area contributed by atoms with Crippen molar-refractivity contribution in [2.45, 2.75) is 6.04 Å². The van der Waals surface area contributed by atoms with Crippen molar-refractivity contribution in [3.05, 3.63) is 77.4 Å². The summed E-state index contributed by atoms with van der Waals surface area (Å²) in [5.41, 5.74) is 6.45. The molecular weight excluding hydrogens is 414 g/mol. The average molecular weight is 444 g/mol. The molecular formula is C27H29N3O3. The van der Waals surface area contributed by atoms with Gasteiger partial charge in [-0.05, 0) is 34.4 Å². The van der Waals surface area contributed by atoms with E-state index in [1.807, 2.05) is 18.3 Å². The summed E-state index contributed by atoms with van der Waals surface area (Å²) >= 11 is 0. The summed E-state index contributed by atoms with van der Waals surface area (Å²) < 4.78 is 16.3. The van der Waals surface area contributed by atoms with Crippen LogP contribution in [0.1, 0.15) is 22.7 Å². The normalized spacial score (nSPS) is 16.0. The fourth-order valence-corrected chi connectivity index (χ4v) is 4.93. The fourth-order valence-electron chi connectivity index (χ4n) is 4.93. The Labute approximate surface area is 195 Å². The Hall–Kier alpha value is -3.51. The third kappa shape index (κ3) is 3.91. The highest BCUT2D eigenvalue weighted by molar-refractivity contribution is 5.82. The summed E-state index contributed by atoms with van der Waals surface area (Å²) in [6.45, 7) is 3.67. The summed E-state index contributed by atoms with van der Waals surface area (Å²) in [5, 5.41) is 6.87. The Bertz CT molecular complexity index is 1100. The minimum absolute atomic E-state index is 0.318. The smallest absolute Gasteiger partial charge is 0.203 e. The number of benzene rings is 3. The van der Waals surface area contributed by atoms with Crippen molar-refractivity contribution in [1.29, 1.82) is 0 Å². The van der Waals surface area contributed by atoms with Crippen molar-refractivity contribution in [2.24, 2.45) is 5.10 Å². The lowest BCUT2D eigenvalue weighted by atomic mass is 10.0. The van der Waals surface area contributed by atoms with E-state index in [4.69, 9.17) is 19.3 Å². The van der Waals surface area contributed by atoms with Crippen LogP contribution in [0.3, 0.4) is 0 Å². The van der Waals surface area contributed by atoms with Gasteiger partial charge < -0.3 is 14.2 Å². The molecule has 6 nitrogen and oxygen atoms in total. The lowest BCUT2D eigenvalue weighted by Crippen LogP contribution is -2.45. The SMILES string of the molecule is COc1cc(C=NN2CCN(C3c4ccccc4-c4ccccc43)CC2)cc(OC)c1OC. The fraction of sp³-hybridized carbons (Fsp3) is 0.296. The first kappa shape index (κ1) is 21.3. The quantitative estimate of drug-likeness (QED) is 0.528. The first-order valence-electron chi connectivity index (χ1n) is 11.2. The van der Waals surface area contributed by atoms with Crippen LogP contribution < -0.4 is 14.2 Å². The lowest BCUT2D eigenvalue weighted by molar-refractivity contribution is 0.114. The van der Waals surface area contributed by atoms with Crippen molar-refractivity contribution < 1.29 is 14.2 Å². The minimum atomic E-state index is 0.318. The lowest BCUT2D eigenvalue weighted by Gasteiger charge is -2.37. The average Bonchev–Trinajstić information content (AvgIpc) is 3.21. The van der Waals surface area contributed by atoms with E-state index in [0.717, 1.165) is 31.7 Å². The summed E-state index contributed by atoms with van der Waals surface area (Å²) in [7, 11) is 4.85. The van der Waals surface area contributed by atoms with Crippen LogP contribution in [-0.4, -0.2) is 63.6 Å². The number of ether oxygens (including phenoxy) is 3. The zero-order chi connectivity index (χ0) is 22.8. The number of hydrogen-bond acceptors (Lipinski definition) is 6. The van der Waals surface area contributed by atoms with Gasteiger partial charge in [0.05, 0.1) is 33.6 Å². The van der Waals surface area contributed by atoms with Crippen LogP contribution in [0.25, 0.3) is 11.1 Å². The maximum Gasteiger partial charge on any atom is 0.203 e. The number of piperazine rings is 1. The minimum Gasteiger partial charge on any atom is -0.493 e. The highest BCUT2D eigenvalue weighted by Crippen LogP contribution is 2.46. The third-order valence-electron chi connectivity index (χ3n) is 6.51. The molecule has 6 heteroatoms. The second-order valence-electron chi connectivity index (χ2n) is 8.27. The Morgan fingerprint density at radius 3 is 1.82 bits per heavy atom. The largest absolute Gasteiger partial charge is 0.493 e. The monoisotopic (exact) mass is 443 g/mol. The van der Waals surface area contributed by atoms with Crippen LogP contribution in [0.4, 0.5) is 0 Å². The van der Waals surface area contributed by atoms with Crippen LogP contribution in [-0.2, 0) is 0 Å². The van der Waals surface area contributed by atoms with E-state index in [9.17, 15) is 0 Å². The maximum atomic E-state index is 5.45. The molecule has 1 fully saturated rings. The zero-order valence-electron chi connectivity index (χ0n) is 19.3. The third-order valence-corrected chi connectivity index (χ3v) is 6.51. The van der Waals surface area contributed by atoms with Gasteiger partial charge in [-0.2, -0.15) is 5.10 Å². The standard InChI is InChI=1S/C27H29N3O3/c1-31-24-16-19(17-25(32-2)27(24)33-3)18-28-30-14-12-29(13-15-30)26-22-10-6-4-8-20(22)21-9-5-7-11-23(21)26/h4-11,16-18,26H,12-15H2,1-3H3. The highest BCUT2D eigenvalue weighted by Gasteiger charge is 2.33. The predicted molar refractivity (Wildman–Crippen MR) is 131 cm³/mol. The molecule has 1 heterocycles. The van der Waals surface area contributed by atoms with Crippen LogP contribution in [0.2, 0.25) is 0 Å². The number of fused-ring (bicyclic) bond motifs is 3. The molecule has 1 aliphatic heterocycles. The summed E-state index contributed by atoms with van der Waals surface area (Å²) in [6.07, 6.45) is 1.86. The maximum absolute atomic E-state index is 5.45. The molecule has 0 saturated carbocycles. The second-order valence-corrected chi connectivity index (χ2v) is 8.27. The summed E-state index contributed by atoms with van der Waals surface area (Å²) in [5.74, 6) is 1.84.